The third-order valence-corrected chi connectivity index (χ3v) is 4.25. The zero-order valence-corrected chi connectivity index (χ0v) is 11.5. The highest BCUT2D eigenvalue weighted by atomic mass is 35.5. The SMILES string of the molecule is O=C(O)[C@H]1[C@H](c2ccc(C(F)(F)C(F)(F)F)cc2)C1(Cl)Cl. The fourth-order valence-corrected chi connectivity index (χ4v) is 2.93. The van der Waals surface area contributed by atoms with Crippen LogP contribution in [0.2, 0.25) is 0 Å². The van der Waals surface area contributed by atoms with Crippen molar-refractivity contribution in [2.45, 2.75) is 22.4 Å². The van der Waals surface area contributed by atoms with Gasteiger partial charge in [-0.05, 0) is 5.56 Å². The molecule has 0 unspecified atom stereocenters. The Morgan fingerprint density at radius 3 is 1.90 bits per heavy atom. The van der Waals surface area contributed by atoms with E-state index in [1.54, 1.807) is 0 Å². The highest BCUT2D eigenvalue weighted by molar-refractivity contribution is 6.53. The molecule has 0 saturated heterocycles. The standard InChI is InChI=1S/C12H7Cl2F5O2/c13-10(14)7(8(10)9(20)21)5-1-3-6(4-2-5)11(15,16)12(17,18)19/h1-4,7-8H,(H,20,21)/t7-,8+/m0/s1. The van der Waals surface area contributed by atoms with Gasteiger partial charge >= 0.3 is 18.1 Å². The highest BCUT2D eigenvalue weighted by Crippen LogP contribution is 2.65. The average Bonchev–Trinajstić information content (AvgIpc) is 2.91. The van der Waals surface area contributed by atoms with Crippen molar-refractivity contribution >= 4 is 29.2 Å². The van der Waals surface area contributed by atoms with Crippen molar-refractivity contribution in [3.63, 3.8) is 0 Å². The number of halogens is 7. The maximum atomic E-state index is 13.1. The monoisotopic (exact) mass is 348 g/mol. The lowest BCUT2D eigenvalue weighted by Gasteiger charge is -2.20. The molecular formula is C12H7Cl2F5O2. The molecule has 0 aromatic heterocycles. The van der Waals surface area contributed by atoms with Crippen molar-refractivity contribution in [1.29, 1.82) is 0 Å². The van der Waals surface area contributed by atoms with E-state index in [1.165, 1.54) is 0 Å². The molecule has 1 aliphatic carbocycles. The van der Waals surface area contributed by atoms with Crippen molar-refractivity contribution in [2.75, 3.05) is 0 Å². The van der Waals surface area contributed by atoms with Gasteiger partial charge in [0.25, 0.3) is 0 Å². The predicted octanol–water partition coefficient (Wildman–Crippen LogP) is 4.31. The van der Waals surface area contributed by atoms with Gasteiger partial charge in [-0.1, -0.05) is 47.5 Å². The topological polar surface area (TPSA) is 37.3 Å². The largest absolute Gasteiger partial charge is 0.481 e. The van der Waals surface area contributed by atoms with Gasteiger partial charge in [-0.15, -0.1) is 0 Å². The average molecular weight is 349 g/mol. The summed E-state index contributed by atoms with van der Waals surface area (Å²) in [6, 6.07) is 3.12. The highest BCUT2D eigenvalue weighted by Gasteiger charge is 2.68. The van der Waals surface area contributed by atoms with Gasteiger partial charge in [0.2, 0.25) is 0 Å². The fraction of sp³-hybridized carbons (Fsp3) is 0.417. The first-order valence-electron chi connectivity index (χ1n) is 5.56. The first-order valence-corrected chi connectivity index (χ1v) is 6.32. The van der Waals surface area contributed by atoms with Crippen LogP contribution >= 0.6 is 23.2 Å². The molecule has 2 nitrogen and oxygen atoms in total. The van der Waals surface area contributed by atoms with E-state index in [4.69, 9.17) is 28.3 Å². The van der Waals surface area contributed by atoms with Gasteiger partial charge in [0, 0.05) is 11.5 Å². The summed E-state index contributed by atoms with van der Waals surface area (Å²) in [5, 5.41) is 8.87. The molecule has 0 radical (unpaired) electrons. The van der Waals surface area contributed by atoms with E-state index >= 15 is 0 Å². The molecule has 0 heterocycles. The predicted molar refractivity (Wildman–Crippen MR) is 64.7 cm³/mol. The number of hydrogen-bond acceptors (Lipinski definition) is 1. The molecule has 1 saturated carbocycles. The summed E-state index contributed by atoms with van der Waals surface area (Å²) in [6.45, 7) is 0. The first-order chi connectivity index (χ1) is 9.40. The van der Waals surface area contributed by atoms with Gasteiger partial charge < -0.3 is 5.11 Å². The molecule has 0 amide bonds. The summed E-state index contributed by atoms with van der Waals surface area (Å²) in [5.74, 6) is -8.24. The first kappa shape index (κ1) is 16.3. The summed E-state index contributed by atoms with van der Waals surface area (Å²) in [5.41, 5.74) is -1.05. The molecule has 9 heteroatoms. The van der Waals surface area contributed by atoms with Gasteiger partial charge in [-0.2, -0.15) is 22.0 Å². The Labute approximate surface area is 125 Å². The molecule has 1 fully saturated rings. The second-order valence-corrected chi connectivity index (χ2v) is 6.11. The molecule has 2 rings (SSSR count). The third kappa shape index (κ3) is 2.57. The van der Waals surface area contributed by atoms with Gasteiger partial charge in [-0.3, -0.25) is 4.79 Å². The van der Waals surface area contributed by atoms with Gasteiger partial charge in [0.05, 0.1) is 5.92 Å². The Morgan fingerprint density at radius 1 is 1.10 bits per heavy atom. The van der Waals surface area contributed by atoms with Crippen LogP contribution in [0, 0.1) is 5.92 Å². The number of alkyl halides is 7. The molecule has 21 heavy (non-hydrogen) atoms. The lowest BCUT2D eigenvalue weighted by Crippen LogP contribution is -2.33. The van der Waals surface area contributed by atoms with E-state index in [0.717, 1.165) is 12.1 Å². The summed E-state index contributed by atoms with van der Waals surface area (Å²) in [4.78, 5) is 10.9. The number of hydrogen-bond donors (Lipinski definition) is 1. The lowest BCUT2D eigenvalue weighted by molar-refractivity contribution is -0.289. The van der Waals surface area contributed by atoms with E-state index < -0.39 is 39.8 Å². The minimum atomic E-state index is -5.71. The van der Waals surface area contributed by atoms with Crippen LogP contribution in [0.25, 0.3) is 0 Å². The van der Waals surface area contributed by atoms with Crippen LogP contribution in [0.15, 0.2) is 24.3 Å². The molecule has 0 spiro atoms. The van der Waals surface area contributed by atoms with Crippen molar-refractivity contribution in [3.05, 3.63) is 35.4 Å². The van der Waals surface area contributed by atoms with Crippen molar-refractivity contribution in [2.24, 2.45) is 5.92 Å². The zero-order valence-electron chi connectivity index (χ0n) is 9.97. The van der Waals surface area contributed by atoms with Crippen LogP contribution in [-0.4, -0.2) is 21.6 Å². The molecule has 1 aliphatic rings. The van der Waals surface area contributed by atoms with Gasteiger partial charge in [0.1, 0.15) is 4.33 Å². The summed E-state index contributed by atoms with van der Waals surface area (Å²) >= 11 is 11.5. The Morgan fingerprint density at radius 2 is 1.57 bits per heavy atom. The Kier molecular flexibility index (Phi) is 3.65. The Bertz CT molecular complexity index is 568. The summed E-state index contributed by atoms with van der Waals surface area (Å²) < 4.78 is 61.2. The van der Waals surface area contributed by atoms with E-state index in [2.05, 4.69) is 0 Å². The number of aliphatic carboxylic acids is 1. The maximum absolute atomic E-state index is 13.1. The van der Waals surface area contributed by atoms with E-state index in [1.807, 2.05) is 0 Å². The van der Waals surface area contributed by atoms with Crippen LogP contribution in [0.4, 0.5) is 22.0 Å². The molecule has 0 bridgehead atoms. The zero-order chi connectivity index (χ0) is 16.2. The van der Waals surface area contributed by atoms with Gasteiger partial charge in [-0.25, -0.2) is 0 Å². The molecular weight excluding hydrogens is 342 g/mol. The minimum absolute atomic E-state index is 0.189. The Hall–Kier alpha value is -1.08. The van der Waals surface area contributed by atoms with E-state index in [-0.39, 0.29) is 5.56 Å². The lowest BCUT2D eigenvalue weighted by atomic mass is 10.0. The maximum Gasteiger partial charge on any atom is 0.458 e. The van der Waals surface area contributed by atoms with Crippen molar-refractivity contribution < 1.29 is 31.9 Å². The smallest absolute Gasteiger partial charge is 0.458 e. The van der Waals surface area contributed by atoms with Crippen LogP contribution in [0.1, 0.15) is 17.0 Å². The Balaban J connectivity index is 2.28. The van der Waals surface area contributed by atoms with E-state index in [9.17, 15) is 26.7 Å². The van der Waals surface area contributed by atoms with Crippen LogP contribution in [0.5, 0.6) is 0 Å². The van der Waals surface area contributed by atoms with Crippen LogP contribution in [0.3, 0.4) is 0 Å². The number of rotatable bonds is 3. The number of carbonyl (C=O) groups is 1. The van der Waals surface area contributed by atoms with Crippen LogP contribution in [-0.2, 0) is 10.7 Å². The van der Waals surface area contributed by atoms with E-state index in [0.29, 0.717) is 12.1 Å². The van der Waals surface area contributed by atoms with Crippen LogP contribution < -0.4 is 0 Å². The molecule has 0 aliphatic heterocycles. The van der Waals surface area contributed by atoms with Crippen molar-refractivity contribution in [1.82, 2.24) is 0 Å². The van der Waals surface area contributed by atoms with Crippen molar-refractivity contribution in [3.8, 4) is 0 Å². The number of carboxylic acid groups (broad SMARTS) is 1. The molecule has 2 atom stereocenters. The quantitative estimate of drug-likeness (QED) is 0.652. The molecule has 1 N–H and O–H groups in total. The summed E-state index contributed by atoms with van der Waals surface area (Å²) in [7, 11) is 0. The molecule has 1 aromatic carbocycles. The molecule has 1 aromatic rings. The normalized spacial score (nSPS) is 24.7. The molecule has 116 valence electrons. The number of benzene rings is 1. The second kappa shape index (κ2) is 4.71. The van der Waals surface area contributed by atoms with Gasteiger partial charge in [0.15, 0.2) is 0 Å². The second-order valence-electron chi connectivity index (χ2n) is 4.66. The number of carboxylic acids is 1. The third-order valence-electron chi connectivity index (χ3n) is 3.31. The fourth-order valence-electron chi connectivity index (χ4n) is 2.11. The summed E-state index contributed by atoms with van der Waals surface area (Å²) in [6.07, 6.45) is -5.71. The minimum Gasteiger partial charge on any atom is -0.481 e.